The van der Waals surface area contributed by atoms with Crippen molar-refractivity contribution in [3.63, 3.8) is 0 Å². The highest BCUT2D eigenvalue weighted by molar-refractivity contribution is 5.60. The van der Waals surface area contributed by atoms with Gasteiger partial charge < -0.3 is 4.90 Å². The number of aryl methyl sites for hydroxylation is 2. The second kappa shape index (κ2) is 4.09. The molecule has 1 fully saturated rings. The third-order valence-electron chi connectivity index (χ3n) is 3.30. The van der Waals surface area contributed by atoms with Gasteiger partial charge in [-0.1, -0.05) is 24.3 Å². The fourth-order valence-electron chi connectivity index (χ4n) is 2.57. The zero-order valence-electron chi connectivity index (χ0n) is 9.66. The Kier molecular flexibility index (Phi) is 2.81. The van der Waals surface area contributed by atoms with Crippen LogP contribution in [0.5, 0.6) is 0 Å². The summed E-state index contributed by atoms with van der Waals surface area (Å²) in [6, 6.07) is 7.05. The first-order valence-electron chi connectivity index (χ1n) is 5.69. The quantitative estimate of drug-likeness (QED) is 0.662. The molecule has 1 nitrogen and oxygen atoms in total. The van der Waals surface area contributed by atoms with Gasteiger partial charge in [-0.2, -0.15) is 0 Å². The first-order valence-corrected chi connectivity index (χ1v) is 5.69. The molecule has 1 saturated heterocycles. The highest BCUT2D eigenvalue weighted by atomic mass is 15.2. The van der Waals surface area contributed by atoms with Crippen molar-refractivity contribution < 1.29 is 0 Å². The minimum absolute atomic E-state index is 0.532. The lowest BCUT2D eigenvalue weighted by Crippen LogP contribution is -2.28. The normalized spacial score (nSPS) is 20.7. The molecule has 1 unspecified atom stereocenters. The van der Waals surface area contributed by atoms with E-state index in [1.807, 2.05) is 0 Å². The number of hydrogen-bond acceptors (Lipinski definition) is 1. The zero-order chi connectivity index (χ0) is 10.8. The molecule has 1 heteroatoms. The van der Waals surface area contributed by atoms with Gasteiger partial charge in [0.2, 0.25) is 0 Å². The minimum atomic E-state index is 0.532. The van der Waals surface area contributed by atoms with Crippen LogP contribution < -0.4 is 4.90 Å². The average Bonchev–Trinajstić information content (AvgIpc) is 2.65. The maximum absolute atomic E-state index is 3.94. The Hall–Kier alpha value is -1.24. The largest absolute Gasteiger partial charge is 0.365 e. The molecule has 0 N–H and O–H groups in total. The maximum Gasteiger partial charge on any atom is 0.0471 e. The number of benzene rings is 1. The van der Waals surface area contributed by atoms with E-state index in [0.29, 0.717) is 6.04 Å². The Morgan fingerprint density at radius 1 is 1.33 bits per heavy atom. The summed E-state index contributed by atoms with van der Waals surface area (Å²) in [6.07, 6.45) is 4.61. The maximum atomic E-state index is 3.94. The van der Waals surface area contributed by atoms with Gasteiger partial charge in [-0.05, 0) is 37.8 Å². The van der Waals surface area contributed by atoms with Crippen molar-refractivity contribution in [3.05, 3.63) is 42.0 Å². The number of rotatable bonds is 2. The fraction of sp³-hybridized carbons (Fsp3) is 0.429. The lowest BCUT2D eigenvalue weighted by molar-refractivity contribution is 0.803. The molecular weight excluding hydrogens is 182 g/mol. The van der Waals surface area contributed by atoms with Crippen molar-refractivity contribution >= 4 is 5.69 Å². The van der Waals surface area contributed by atoms with E-state index in [1.165, 1.54) is 36.2 Å². The summed E-state index contributed by atoms with van der Waals surface area (Å²) in [7, 11) is 0. The molecule has 0 spiro atoms. The molecule has 0 aromatic heterocycles. The molecule has 1 aliphatic heterocycles. The Labute approximate surface area is 92.4 Å². The lowest BCUT2D eigenvalue weighted by atomic mass is 10.1. The molecule has 2 rings (SSSR count). The van der Waals surface area contributed by atoms with Gasteiger partial charge in [0.05, 0.1) is 0 Å². The lowest BCUT2D eigenvalue weighted by Gasteiger charge is -2.27. The van der Waals surface area contributed by atoms with Crippen LogP contribution >= 0.6 is 0 Å². The Morgan fingerprint density at radius 2 is 2.00 bits per heavy atom. The monoisotopic (exact) mass is 201 g/mol. The summed E-state index contributed by atoms with van der Waals surface area (Å²) in [5.74, 6) is 0. The van der Waals surface area contributed by atoms with Crippen LogP contribution in [0.15, 0.2) is 30.9 Å². The predicted molar refractivity (Wildman–Crippen MR) is 66.5 cm³/mol. The highest BCUT2D eigenvalue weighted by Gasteiger charge is 2.23. The van der Waals surface area contributed by atoms with Crippen LogP contribution in [0.1, 0.15) is 24.0 Å². The average molecular weight is 201 g/mol. The molecule has 0 amide bonds. The fourth-order valence-corrected chi connectivity index (χ4v) is 2.57. The van der Waals surface area contributed by atoms with Crippen molar-refractivity contribution in [1.29, 1.82) is 0 Å². The van der Waals surface area contributed by atoms with Gasteiger partial charge in [-0.15, -0.1) is 6.58 Å². The second-order valence-corrected chi connectivity index (χ2v) is 4.38. The van der Waals surface area contributed by atoms with Crippen LogP contribution in [-0.4, -0.2) is 12.6 Å². The van der Waals surface area contributed by atoms with Crippen LogP contribution in [0.25, 0.3) is 0 Å². The number of hydrogen-bond donors (Lipinski definition) is 0. The molecule has 1 heterocycles. The Balaban J connectivity index is 2.40. The van der Waals surface area contributed by atoms with Crippen LogP contribution in [-0.2, 0) is 0 Å². The van der Waals surface area contributed by atoms with Crippen molar-refractivity contribution in [2.45, 2.75) is 32.7 Å². The van der Waals surface area contributed by atoms with E-state index in [-0.39, 0.29) is 0 Å². The topological polar surface area (TPSA) is 3.24 Å². The van der Waals surface area contributed by atoms with E-state index in [9.17, 15) is 0 Å². The number of nitrogens with zero attached hydrogens (tertiary/aromatic N) is 1. The zero-order valence-corrected chi connectivity index (χ0v) is 9.66. The summed E-state index contributed by atoms with van der Waals surface area (Å²) in [5, 5.41) is 0. The molecular formula is C14H19N. The molecule has 1 aliphatic rings. The van der Waals surface area contributed by atoms with Gasteiger partial charge in [0.15, 0.2) is 0 Å². The third-order valence-corrected chi connectivity index (χ3v) is 3.30. The van der Waals surface area contributed by atoms with E-state index in [1.54, 1.807) is 0 Å². The van der Waals surface area contributed by atoms with Gasteiger partial charge in [0.1, 0.15) is 0 Å². The summed E-state index contributed by atoms with van der Waals surface area (Å²) in [4.78, 5) is 2.50. The minimum Gasteiger partial charge on any atom is -0.365 e. The molecule has 80 valence electrons. The van der Waals surface area contributed by atoms with Crippen molar-refractivity contribution in [1.82, 2.24) is 0 Å². The molecule has 1 aromatic rings. The predicted octanol–water partition coefficient (Wildman–Crippen LogP) is 3.46. The molecule has 1 atom stereocenters. The van der Waals surface area contributed by atoms with Crippen LogP contribution in [0.3, 0.4) is 0 Å². The van der Waals surface area contributed by atoms with Crippen LogP contribution in [0, 0.1) is 13.8 Å². The molecule has 0 radical (unpaired) electrons. The molecule has 15 heavy (non-hydrogen) atoms. The number of para-hydroxylation sites is 1. The third kappa shape index (κ3) is 1.79. The first kappa shape index (κ1) is 10.3. The van der Waals surface area contributed by atoms with Crippen LogP contribution in [0.2, 0.25) is 0 Å². The second-order valence-electron chi connectivity index (χ2n) is 4.38. The van der Waals surface area contributed by atoms with Gasteiger partial charge in [0, 0.05) is 18.3 Å². The first-order chi connectivity index (χ1) is 7.24. The SMILES string of the molecule is C=CC1CCCN1c1c(C)cccc1C. The summed E-state index contributed by atoms with van der Waals surface area (Å²) in [5.41, 5.74) is 4.17. The van der Waals surface area contributed by atoms with E-state index in [0.717, 1.165) is 0 Å². The van der Waals surface area contributed by atoms with E-state index < -0.39 is 0 Å². The summed E-state index contributed by atoms with van der Waals surface area (Å²) < 4.78 is 0. The molecule has 0 aliphatic carbocycles. The molecule has 0 saturated carbocycles. The standard InChI is InChI=1S/C14H19N/c1-4-13-9-6-10-15(13)14-11(2)7-5-8-12(14)3/h4-5,7-8,13H,1,6,9-10H2,2-3H3. The summed E-state index contributed by atoms with van der Waals surface area (Å²) in [6.45, 7) is 9.50. The van der Waals surface area contributed by atoms with Gasteiger partial charge in [-0.3, -0.25) is 0 Å². The smallest absolute Gasteiger partial charge is 0.0471 e. The van der Waals surface area contributed by atoms with E-state index >= 15 is 0 Å². The van der Waals surface area contributed by atoms with E-state index in [4.69, 9.17) is 0 Å². The Bertz CT molecular complexity index is 347. The highest BCUT2D eigenvalue weighted by Crippen LogP contribution is 2.31. The summed E-state index contributed by atoms with van der Waals surface area (Å²) >= 11 is 0. The van der Waals surface area contributed by atoms with Gasteiger partial charge >= 0.3 is 0 Å². The van der Waals surface area contributed by atoms with Crippen LogP contribution in [0.4, 0.5) is 5.69 Å². The van der Waals surface area contributed by atoms with Crippen molar-refractivity contribution in [3.8, 4) is 0 Å². The van der Waals surface area contributed by atoms with Crippen molar-refractivity contribution in [2.75, 3.05) is 11.4 Å². The van der Waals surface area contributed by atoms with Gasteiger partial charge in [0.25, 0.3) is 0 Å². The molecule has 0 bridgehead atoms. The van der Waals surface area contributed by atoms with Gasteiger partial charge in [-0.25, -0.2) is 0 Å². The van der Waals surface area contributed by atoms with E-state index in [2.05, 4.69) is 49.6 Å². The number of anilines is 1. The molecule has 1 aromatic carbocycles. The van der Waals surface area contributed by atoms with Crippen molar-refractivity contribution in [2.24, 2.45) is 0 Å². The Morgan fingerprint density at radius 3 is 2.60 bits per heavy atom.